The minimum absolute atomic E-state index is 0.291. The van der Waals surface area contributed by atoms with Gasteiger partial charge in [-0.1, -0.05) is 33.8 Å². The van der Waals surface area contributed by atoms with Crippen molar-refractivity contribution in [1.29, 1.82) is 0 Å². The number of nitrogens with one attached hydrogen (secondary N) is 1. The summed E-state index contributed by atoms with van der Waals surface area (Å²) in [5.41, 5.74) is 2.10. The standard InChI is InChI=1S/C17H30N2O/c1-13(2)9-15(5)20-12-17-8-6-7-16(19-17)11-18-10-14(3)4/h6-8,13-15,18H,9-12H2,1-5H3. The van der Waals surface area contributed by atoms with Gasteiger partial charge in [-0.15, -0.1) is 0 Å². The SMILES string of the molecule is CC(C)CNCc1cccc(COC(C)CC(C)C)n1. The average Bonchev–Trinajstić information content (AvgIpc) is 2.36. The van der Waals surface area contributed by atoms with Crippen LogP contribution in [0.2, 0.25) is 0 Å². The van der Waals surface area contributed by atoms with Crippen LogP contribution in [0.4, 0.5) is 0 Å². The molecule has 114 valence electrons. The summed E-state index contributed by atoms with van der Waals surface area (Å²) in [6, 6.07) is 6.16. The average molecular weight is 278 g/mol. The van der Waals surface area contributed by atoms with Crippen LogP contribution >= 0.6 is 0 Å². The van der Waals surface area contributed by atoms with E-state index < -0.39 is 0 Å². The Hall–Kier alpha value is -0.930. The fourth-order valence-electron chi connectivity index (χ4n) is 2.16. The van der Waals surface area contributed by atoms with Gasteiger partial charge >= 0.3 is 0 Å². The largest absolute Gasteiger partial charge is 0.372 e. The molecular weight excluding hydrogens is 248 g/mol. The Morgan fingerprint density at radius 1 is 1.05 bits per heavy atom. The van der Waals surface area contributed by atoms with Crippen molar-refractivity contribution in [3.8, 4) is 0 Å². The third-order valence-corrected chi connectivity index (χ3v) is 3.04. The van der Waals surface area contributed by atoms with Crippen molar-refractivity contribution in [2.45, 2.75) is 60.3 Å². The number of aromatic nitrogens is 1. The number of hydrogen-bond acceptors (Lipinski definition) is 3. The summed E-state index contributed by atoms with van der Waals surface area (Å²) in [6.07, 6.45) is 1.38. The summed E-state index contributed by atoms with van der Waals surface area (Å²) in [5, 5.41) is 3.42. The van der Waals surface area contributed by atoms with Crippen LogP contribution in [0, 0.1) is 11.8 Å². The van der Waals surface area contributed by atoms with E-state index in [2.05, 4.69) is 57.1 Å². The van der Waals surface area contributed by atoms with Crippen LogP contribution in [-0.2, 0) is 17.9 Å². The summed E-state index contributed by atoms with van der Waals surface area (Å²) in [7, 11) is 0. The number of pyridine rings is 1. The van der Waals surface area contributed by atoms with Gasteiger partial charge in [0, 0.05) is 6.54 Å². The molecule has 1 rings (SSSR count). The maximum absolute atomic E-state index is 5.85. The lowest BCUT2D eigenvalue weighted by Crippen LogP contribution is -2.20. The Morgan fingerprint density at radius 2 is 1.75 bits per heavy atom. The zero-order valence-electron chi connectivity index (χ0n) is 13.6. The summed E-state index contributed by atoms with van der Waals surface area (Å²) >= 11 is 0. The molecule has 0 aliphatic rings. The van der Waals surface area contributed by atoms with Gasteiger partial charge in [-0.2, -0.15) is 0 Å². The highest BCUT2D eigenvalue weighted by atomic mass is 16.5. The zero-order chi connectivity index (χ0) is 15.0. The third kappa shape index (κ3) is 7.61. The predicted molar refractivity (Wildman–Crippen MR) is 84.5 cm³/mol. The van der Waals surface area contributed by atoms with Crippen molar-refractivity contribution in [1.82, 2.24) is 10.3 Å². The molecule has 0 aliphatic carbocycles. The highest BCUT2D eigenvalue weighted by molar-refractivity contribution is 5.10. The Balaban J connectivity index is 2.39. The van der Waals surface area contributed by atoms with E-state index in [0.29, 0.717) is 24.5 Å². The molecule has 1 heterocycles. The Labute approximate surface area is 124 Å². The second kappa shape index (κ2) is 9.09. The Kier molecular flexibility index (Phi) is 7.78. The molecule has 1 atom stereocenters. The van der Waals surface area contributed by atoms with E-state index in [1.807, 2.05) is 6.07 Å². The summed E-state index contributed by atoms with van der Waals surface area (Å²) in [6.45, 7) is 13.4. The van der Waals surface area contributed by atoms with Crippen LogP contribution in [-0.4, -0.2) is 17.6 Å². The van der Waals surface area contributed by atoms with Gasteiger partial charge in [0.2, 0.25) is 0 Å². The van der Waals surface area contributed by atoms with Gasteiger partial charge in [-0.05, 0) is 43.9 Å². The summed E-state index contributed by atoms with van der Waals surface area (Å²) in [4.78, 5) is 4.63. The highest BCUT2D eigenvalue weighted by Crippen LogP contribution is 2.10. The van der Waals surface area contributed by atoms with Gasteiger partial charge in [0.1, 0.15) is 0 Å². The van der Waals surface area contributed by atoms with Gasteiger partial charge in [-0.3, -0.25) is 4.98 Å². The van der Waals surface area contributed by atoms with E-state index in [4.69, 9.17) is 4.74 Å². The topological polar surface area (TPSA) is 34.1 Å². The fourth-order valence-corrected chi connectivity index (χ4v) is 2.16. The minimum Gasteiger partial charge on any atom is -0.372 e. The van der Waals surface area contributed by atoms with Gasteiger partial charge in [0.05, 0.1) is 24.1 Å². The van der Waals surface area contributed by atoms with Crippen LogP contribution in [0.25, 0.3) is 0 Å². The lowest BCUT2D eigenvalue weighted by molar-refractivity contribution is 0.0378. The quantitative estimate of drug-likeness (QED) is 0.746. The number of hydrogen-bond donors (Lipinski definition) is 1. The Morgan fingerprint density at radius 3 is 2.40 bits per heavy atom. The molecule has 0 fully saturated rings. The maximum Gasteiger partial charge on any atom is 0.0891 e. The summed E-state index contributed by atoms with van der Waals surface area (Å²) in [5.74, 6) is 1.34. The van der Waals surface area contributed by atoms with E-state index in [1.54, 1.807) is 0 Å². The lowest BCUT2D eigenvalue weighted by atomic mass is 10.1. The molecule has 0 saturated heterocycles. The second-order valence-corrected chi connectivity index (χ2v) is 6.40. The molecule has 20 heavy (non-hydrogen) atoms. The van der Waals surface area contributed by atoms with Crippen molar-refractivity contribution >= 4 is 0 Å². The van der Waals surface area contributed by atoms with Crippen LogP contribution in [0.1, 0.15) is 52.4 Å². The van der Waals surface area contributed by atoms with Gasteiger partial charge in [0.25, 0.3) is 0 Å². The molecule has 3 nitrogen and oxygen atoms in total. The Bertz CT molecular complexity index is 377. The van der Waals surface area contributed by atoms with Crippen molar-refractivity contribution in [3.63, 3.8) is 0 Å². The van der Waals surface area contributed by atoms with Crippen LogP contribution in [0.3, 0.4) is 0 Å². The van der Waals surface area contributed by atoms with E-state index in [9.17, 15) is 0 Å². The molecule has 0 amide bonds. The normalized spacial score (nSPS) is 13.2. The van der Waals surface area contributed by atoms with Crippen molar-refractivity contribution < 1.29 is 4.74 Å². The van der Waals surface area contributed by atoms with E-state index in [-0.39, 0.29) is 0 Å². The molecule has 0 saturated carbocycles. The molecule has 0 aromatic carbocycles. The molecule has 1 aromatic heterocycles. The maximum atomic E-state index is 5.85. The second-order valence-electron chi connectivity index (χ2n) is 6.40. The molecule has 0 bridgehead atoms. The van der Waals surface area contributed by atoms with Crippen molar-refractivity contribution in [2.75, 3.05) is 6.54 Å². The molecule has 1 unspecified atom stereocenters. The van der Waals surface area contributed by atoms with Crippen LogP contribution < -0.4 is 5.32 Å². The summed E-state index contributed by atoms with van der Waals surface area (Å²) < 4.78 is 5.85. The van der Waals surface area contributed by atoms with Gasteiger partial charge in [-0.25, -0.2) is 0 Å². The van der Waals surface area contributed by atoms with Crippen molar-refractivity contribution in [2.24, 2.45) is 11.8 Å². The molecule has 1 N–H and O–H groups in total. The van der Waals surface area contributed by atoms with Crippen LogP contribution in [0.5, 0.6) is 0 Å². The van der Waals surface area contributed by atoms with Crippen molar-refractivity contribution in [3.05, 3.63) is 29.6 Å². The lowest BCUT2D eigenvalue weighted by Gasteiger charge is -2.15. The van der Waals surface area contributed by atoms with Crippen LogP contribution in [0.15, 0.2) is 18.2 Å². The minimum atomic E-state index is 0.291. The first-order valence-corrected chi connectivity index (χ1v) is 7.74. The zero-order valence-corrected chi connectivity index (χ0v) is 13.6. The number of rotatable bonds is 9. The molecule has 0 radical (unpaired) electrons. The predicted octanol–water partition coefficient (Wildman–Crippen LogP) is 3.78. The first-order chi connectivity index (χ1) is 9.47. The monoisotopic (exact) mass is 278 g/mol. The fraction of sp³-hybridized carbons (Fsp3) is 0.706. The van der Waals surface area contributed by atoms with E-state index >= 15 is 0 Å². The first-order valence-electron chi connectivity index (χ1n) is 7.74. The molecular formula is C17H30N2O. The van der Waals surface area contributed by atoms with E-state index in [1.165, 1.54) is 0 Å². The number of nitrogens with zero attached hydrogens (tertiary/aromatic N) is 1. The molecule has 0 spiro atoms. The van der Waals surface area contributed by atoms with E-state index in [0.717, 1.165) is 30.9 Å². The smallest absolute Gasteiger partial charge is 0.0891 e. The molecule has 0 aliphatic heterocycles. The van der Waals surface area contributed by atoms with Gasteiger partial charge < -0.3 is 10.1 Å². The first kappa shape index (κ1) is 17.1. The highest BCUT2D eigenvalue weighted by Gasteiger charge is 2.06. The van der Waals surface area contributed by atoms with Gasteiger partial charge in [0.15, 0.2) is 0 Å². The molecule has 1 aromatic rings. The third-order valence-electron chi connectivity index (χ3n) is 3.04. The molecule has 3 heteroatoms. The number of ether oxygens (including phenoxy) is 1.